The normalized spacial score (nSPS) is 10.6. The maximum atomic E-state index is 4.21. The molecule has 0 aliphatic carbocycles. The van der Waals surface area contributed by atoms with Crippen molar-refractivity contribution in [2.75, 3.05) is 0 Å². The number of imidazole rings is 1. The van der Waals surface area contributed by atoms with Crippen molar-refractivity contribution < 1.29 is 0 Å². The van der Waals surface area contributed by atoms with Crippen LogP contribution in [0.1, 0.15) is 5.82 Å². The Morgan fingerprint density at radius 2 is 2.06 bits per heavy atom. The van der Waals surface area contributed by atoms with Crippen LogP contribution in [0.5, 0.6) is 0 Å². The second kappa shape index (κ2) is 3.86. The number of nitrogens with zero attached hydrogens (tertiary/aromatic N) is 5. The maximum Gasteiger partial charge on any atom is 0.138 e. The lowest BCUT2D eigenvalue weighted by Crippen LogP contribution is -1.99. The summed E-state index contributed by atoms with van der Waals surface area (Å²) in [6.07, 6.45) is 6.93. The van der Waals surface area contributed by atoms with Crippen molar-refractivity contribution >= 4 is 0 Å². The highest BCUT2D eigenvalue weighted by Crippen LogP contribution is 2.14. The Morgan fingerprint density at radius 3 is 2.76 bits per heavy atom. The van der Waals surface area contributed by atoms with Crippen molar-refractivity contribution in [3.63, 3.8) is 0 Å². The standard InChI is InChI=1S/C12H11N5/c1-10-14-5-6-16(10)11-3-2-4-12(7-11)17-9-13-8-15-17/h2-9H,1H3. The molecule has 1 aromatic carbocycles. The molecule has 0 atom stereocenters. The van der Waals surface area contributed by atoms with E-state index in [4.69, 9.17) is 0 Å². The fraction of sp³-hybridized carbons (Fsp3) is 0.0833. The van der Waals surface area contributed by atoms with Crippen LogP contribution in [0.4, 0.5) is 0 Å². The van der Waals surface area contributed by atoms with Crippen LogP contribution in [0, 0.1) is 6.92 Å². The average Bonchev–Trinajstić information content (AvgIpc) is 2.99. The van der Waals surface area contributed by atoms with Gasteiger partial charge in [0.15, 0.2) is 0 Å². The number of hydrogen-bond acceptors (Lipinski definition) is 3. The minimum atomic E-state index is 0.959. The summed E-state index contributed by atoms with van der Waals surface area (Å²) < 4.78 is 3.76. The Morgan fingerprint density at radius 1 is 1.18 bits per heavy atom. The molecule has 3 aromatic rings. The van der Waals surface area contributed by atoms with E-state index in [1.54, 1.807) is 17.2 Å². The molecule has 0 saturated carbocycles. The van der Waals surface area contributed by atoms with Gasteiger partial charge in [-0.25, -0.2) is 14.6 Å². The third kappa shape index (κ3) is 1.71. The molecular weight excluding hydrogens is 214 g/mol. The summed E-state index contributed by atoms with van der Waals surface area (Å²) in [7, 11) is 0. The van der Waals surface area contributed by atoms with Crippen LogP contribution in [0.15, 0.2) is 49.3 Å². The Hall–Kier alpha value is -2.43. The molecule has 5 heteroatoms. The minimum absolute atomic E-state index is 0.959. The van der Waals surface area contributed by atoms with Gasteiger partial charge in [-0.15, -0.1) is 0 Å². The van der Waals surface area contributed by atoms with E-state index in [1.807, 2.05) is 42.0 Å². The predicted octanol–water partition coefficient (Wildman–Crippen LogP) is 1.76. The van der Waals surface area contributed by atoms with Gasteiger partial charge in [-0.3, -0.25) is 0 Å². The van der Waals surface area contributed by atoms with Crippen molar-refractivity contribution in [2.45, 2.75) is 6.92 Å². The Bertz CT molecular complexity index is 624. The quantitative estimate of drug-likeness (QED) is 0.667. The highest BCUT2D eigenvalue weighted by molar-refractivity contribution is 5.43. The number of benzene rings is 1. The Balaban J connectivity index is 2.09. The summed E-state index contributed by atoms with van der Waals surface area (Å²) >= 11 is 0. The van der Waals surface area contributed by atoms with Crippen LogP contribution in [0.3, 0.4) is 0 Å². The van der Waals surface area contributed by atoms with Gasteiger partial charge >= 0.3 is 0 Å². The van der Waals surface area contributed by atoms with Crippen molar-refractivity contribution in [1.82, 2.24) is 24.3 Å². The minimum Gasteiger partial charge on any atom is -0.304 e. The van der Waals surface area contributed by atoms with E-state index in [1.165, 1.54) is 6.33 Å². The number of hydrogen-bond donors (Lipinski definition) is 0. The van der Waals surface area contributed by atoms with Gasteiger partial charge in [0.2, 0.25) is 0 Å². The van der Waals surface area contributed by atoms with Crippen molar-refractivity contribution in [2.24, 2.45) is 0 Å². The maximum absolute atomic E-state index is 4.21. The number of rotatable bonds is 2. The molecule has 84 valence electrons. The summed E-state index contributed by atoms with van der Waals surface area (Å²) in [6.45, 7) is 1.97. The third-order valence-electron chi connectivity index (χ3n) is 2.62. The van der Waals surface area contributed by atoms with Crippen LogP contribution in [0.2, 0.25) is 0 Å². The molecule has 0 unspecified atom stereocenters. The summed E-state index contributed by atoms with van der Waals surface area (Å²) in [4.78, 5) is 8.15. The summed E-state index contributed by atoms with van der Waals surface area (Å²) in [6, 6.07) is 8.06. The zero-order chi connectivity index (χ0) is 11.7. The molecule has 2 aromatic heterocycles. The molecule has 3 rings (SSSR count). The van der Waals surface area contributed by atoms with E-state index in [0.29, 0.717) is 0 Å². The van der Waals surface area contributed by atoms with Gasteiger partial charge in [-0.1, -0.05) is 6.07 Å². The lowest BCUT2D eigenvalue weighted by Gasteiger charge is -2.07. The predicted molar refractivity (Wildman–Crippen MR) is 63.2 cm³/mol. The Labute approximate surface area is 98.4 Å². The highest BCUT2D eigenvalue weighted by atomic mass is 15.3. The van der Waals surface area contributed by atoms with Gasteiger partial charge in [-0.2, -0.15) is 5.10 Å². The van der Waals surface area contributed by atoms with E-state index in [0.717, 1.165) is 17.2 Å². The first-order chi connectivity index (χ1) is 8.34. The van der Waals surface area contributed by atoms with Crippen LogP contribution in [0.25, 0.3) is 11.4 Å². The third-order valence-corrected chi connectivity index (χ3v) is 2.62. The van der Waals surface area contributed by atoms with Crippen molar-refractivity contribution in [3.05, 3.63) is 55.1 Å². The monoisotopic (exact) mass is 225 g/mol. The first-order valence-corrected chi connectivity index (χ1v) is 5.30. The lowest BCUT2D eigenvalue weighted by molar-refractivity contribution is 0.873. The first-order valence-electron chi connectivity index (χ1n) is 5.30. The van der Waals surface area contributed by atoms with Crippen LogP contribution in [-0.4, -0.2) is 24.3 Å². The molecule has 17 heavy (non-hydrogen) atoms. The molecular formula is C12H11N5. The second-order valence-electron chi connectivity index (χ2n) is 3.70. The van der Waals surface area contributed by atoms with Gasteiger partial charge < -0.3 is 4.57 Å². The molecule has 0 radical (unpaired) electrons. The molecule has 0 aliphatic rings. The van der Waals surface area contributed by atoms with Gasteiger partial charge in [0.05, 0.1) is 5.69 Å². The smallest absolute Gasteiger partial charge is 0.138 e. The highest BCUT2D eigenvalue weighted by Gasteiger charge is 2.02. The fourth-order valence-corrected chi connectivity index (χ4v) is 1.78. The molecule has 0 saturated heterocycles. The molecule has 0 N–H and O–H groups in total. The van der Waals surface area contributed by atoms with Crippen LogP contribution >= 0.6 is 0 Å². The van der Waals surface area contributed by atoms with Gasteiger partial charge in [0.25, 0.3) is 0 Å². The fourth-order valence-electron chi connectivity index (χ4n) is 1.78. The van der Waals surface area contributed by atoms with E-state index in [9.17, 15) is 0 Å². The molecule has 0 fully saturated rings. The second-order valence-corrected chi connectivity index (χ2v) is 3.70. The summed E-state index contributed by atoms with van der Waals surface area (Å²) in [5.41, 5.74) is 2.04. The average molecular weight is 225 g/mol. The SMILES string of the molecule is Cc1nccn1-c1cccc(-n2cncn2)c1. The van der Waals surface area contributed by atoms with E-state index < -0.39 is 0 Å². The topological polar surface area (TPSA) is 48.5 Å². The van der Waals surface area contributed by atoms with E-state index in [-0.39, 0.29) is 0 Å². The molecule has 2 heterocycles. The van der Waals surface area contributed by atoms with Crippen LogP contribution < -0.4 is 0 Å². The van der Waals surface area contributed by atoms with Crippen LogP contribution in [-0.2, 0) is 0 Å². The largest absolute Gasteiger partial charge is 0.304 e. The number of aromatic nitrogens is 5. The lowest BCUT2D eigenvalue weighted by atomic mass is 10.2. The molecule has 0 spiro atoms. The molecule has 0 amide bonds. The van der Waals surface area contributed by atoms with Gasteiger partial charge in [0, 0.05) is 18.1 Å². The number of aryl methyl sites for hydroxylation is 1. The zero-order valence-corrected chi connectivity index (χ0v) is 9.35. The molecule has 5 nitrogen and oxygen atoms in total. The van der Waals surface area contributed by atoms with Gasteiger partial charge in [0.1, 0.15) is 18.5 Å². The molecule has 0 bridgehead atoms. The van der Waals surface area contributed by atoms with E-state index in [2.05, 4.69) is 15.1 Å². The van der Waals surface area contributed by atoms with E-state index >= 15 is 0 Å². The zero-order valence-electron chi connectivity index (χ0n) is 9.35. The summed E-state index contributed by atoms with van der Waals surface area (Å²) in [5.74, 6) is 0.959. The molecule has 0 aliphatic heterocycles. The van der Waals surface area contributed by atoms with Crippen molar-refractivity contribution in [3.8, 4) is 11.4 Å². The van der Waals surface area contributed by atoms with Crippen molar-refractivity contribution in [1.29, 1.82) is 0 Å². The first kappa shape index (κ1) is 9.77. The Kier molecular flexibility index (Phi) is 2.22. The summed E-state index contributed by atoms with van der Waals surface area (Å²) in [5, 5.41) is 4.11. The van der Waals surface area contributed by atoms with Gasteiger partial charge in [-0.05, 0) is 25.1 Å².